The Kier molecular flexibility index (Phi) is 8.70. The van der Waals surface area contributed by atoms with Crippen LogP contribution < -0.4 is 4.74 Å². The summed E-state index contributed by atoms with van der Waals surface area (Å²) in [7, 11) is 0. The van der Waals surface area contributed by atoms with Crippen molar-refractivity contribution >= 4 is 5.97 Å². The van der Waals surface area contributed by atoms with Crippen LogP contribution in [0.5, 0.6) is 5.75 Å². The summed E-state index contributed by atoms with van der Waals surface area (Å²) in [6.45, 7) is 13.9. The van der Waals surface area contributed by atoms with Crippen molar-refractivity contribution in [2.24, 2.45) is 0 Å². The molecule has 1 aromatic rings. The van der Waals surface area contributed by atoms with Gasteiger partial charge in [0.15, 0.2) is 6.61 Å². The summed E-state index contributed by atoms with van der Waals surface area (Å²) in [5.41, 5.74) is 2.24. The summed E-state index contributed by atoms with van der Waals surface area (Å²) in [6.07, 6.45) is 0.856. The maximum Gasteiger partial charge on any atom is 0.344 e. The molecule has 0 heterocycles. The number of esters is 1. The number of benzene rings is 1. The maximum absolute atomic E-state index is 11.8. The van der Waals surface area contributed by atoms with E-state index in [4.69, 9.17) is 9.47 Å². The summed E-state index contributed by atoms with van der Waals surface area (Å²) < 4.78 is 10.9. The van der Waals surface area contributed by atoms with Crippen LogP contribution in [0.4, 0.5) is 0 Å². The number of aryl methyl sites for hydroxylation is 1. The third kappa shape index (κ3) is 7.04. The normalized spacial score (nSPS) is 11.1. The molecule has 0 atom stereocenters. The highest BCUT2D eigenvalue weighted by Gasteiger charge is 2.11. The van der Waals surface area contributed by atoms with Crippen LogP contribution in [-0.4, -0.2) is 43.7 Å². The molecule has 0 saturated carbocycles. The summed E-state index contributed by atoms with van der Waals surface area (Å²) >= 11 is 0. The van der Waals surface area contributed by atoms with Crippen molar-refractivity contribution in [3.05, 3.63) is 29.3 Å². The molecule has 4 heteroatoms. The number of hydrogen-bond acceptors (Lipinski definition) is 4. The number of carbonyl (C=O) groups is 1. The fourth-order valence-electron chi connectivity index (χ4n) is 2.44. The fraction of sp³-hybridized carbons (Fsp3) is 0.632. The quantitative estimate of drug-likeness (QED) is 0.486. The van der Waals surface area contributed by atoms with Gasteiger partial charge in [-0.15, -0.1) is 0 Å². The Morgan fingerprint density at radius 2 is 1.91 bits per heavy atom. The van der Waals surface area contributed by atoms with Crippen molar-refractivity contribution in [1.82, 2.24) is 4.90 Å². The van der Waals surface area contributed by atoms with Crippen molar-refractivity contribution in [1.29, 1.82) is 0 Å². The van der Waals surface area contributed by atoms with Gasteiger partial charge in [0.1, 0.15) is 5.75 Å². The van der Waals surface area contributed by atoms with Crippen LogP contribution in [0.3, 0.4) is 0 Å². The van der Waals surface area contributed by atoms with Gasteiger partial charge in [0.2, 0.25) is 0 Å². The van der Waals surface area contributed by atoms with Gasteiger partial charge in [-0.05, 0) is 49.5 Å². The van der Waals surface area contributed by atoms with Gasteiger partial charge in [0.05, 0.1) is 6.61 Å². The third-order valence-corrected chi connectivity index (χ3v) is 3.91. The standard InChI is InChI=1S/C19H31NO3/c1-6-20(7-2)11-8-12-22-19(21)14-23-18-13-16(5)9-10-17(18)15(3)4/h9-10,13,15H,6-8,11-12,14H2,1-5H3. The second-order valence-corrected chi connectivity index (χ2v) is 6.09. The molecule has 0 N–H and O–H groups in total. The van der Waals surface area contributed by atoms with Crippen molar-refractivity contribution in [2.45, 2.75) is 47.0 Å². The molecule has 0 fully saturated rings. The van der Waals surface area contributed by atoms with Crippen LogP contribution in [-0.2, 0) is 9.53 Å². The molecule has 0 bridgehead atoms. The summed E-state index contributed by atoms with van der Waals surface area (Å²) in [4.78, 5) is 14.1. The number of hydrogen-bond donors (Lipinski definition) is 0. The number of rotatable bonds is 10. The predicted octanol–water partition coefficient (Wildman–Crippen LogP) is 3.77. The number of nitrogens with zero attached hydrogens (tertiary/aromatic N) is 1. The minimum Gasteiger partial charge on any atom is -0.482 e. The van der Waals surface area contributed by atoms with Crippen molar-refractivity contribution < 1.29 is 14.3 Å². The van der Waals surface area contributed by atoms with Crippen LogP contribution in [0.2, 0.25) is 0 Å². The van der Waals surface area contributed by atoms with E-state index >= 15 is 0 Å². The molecule has 0 aromatic heterocycles. The Balaban J connectivity index is 2.38. The zero-order valence-corrected chi connectivity index (χ0v) is 15.2. The van der Waals surface area contributed by atoms with E-state index < -0.39 is 0 Å². The highest BCUT2D eigenvalue weighted by atomic mass is 16.6. The number of carbonyl (C=O) groups excluding carboxylic acids is 1. The van der Waals surface area contributed by atoms with Crippen LogP contribution in [0.25, 0.3) is 0 Å². The molecule has 0 amide bonds. The fourth-order valence-corrected chi connectivity index (χ4v) is 2.44. The monoisotopic (exact) mass is 321 g/mol. The van der Waals surface area contributed by atoms with E-state index in [0.717, 1.165) is 42.9 Å². The Bertz CT molecular complexity index is 482. The summed E-state index contributed by atoms with van der Waals surface area (Å²) in [5.74, 6) is 0.830. The zero-order valence-electron chi connectivity index (χ0n) is 15.2. The topological polar surface area (TPSA) is 38.8 Å². The lowest BCUT2D eigenvalue weighted by molar-refractivity contribution is -0.146. The van der Waals surface area contributed by atoms with Gasteiger partial charge in [-0.1, -0.05) is 39.8 Å². The molecular weight excluding hydrogens is 290 g/mol. The maximum atomic E-state index is 11.8. The van der Waals surface area contributed by atoms with Gasteiger partial charge in [-0.25, -0.2) is 4.79 Å². The minimum atomic E-state index is -0.305. The smallest absolute Gasteiger partial charge is 0.344 e. The largest absolute Gasteiger partial charge is 0.482 e. The molecule has 0 unspecified atom stereocenters. The van der Waals surface area contributed by atoms with E-state index in [1.54, 1.807) is 0 Å². The highest BCUT2D eigenvalue weighted by molar-refractivity contribution is 5.71. The van der Waals surface area contributed by atoms with Gasteiger partial charge in [-0.2, -0.15) is 0 Å². The Morgan fingerprint density at radius 1 is 1.22 bits per heavy atom. The minimum absolute atomic E-state index is 0.0333. The molecule has 0 saturated heterocycles. The molecule has 0 spiro atoms. The molecule has 130 valence electrons. The van der Waals surface area contributed by atoms with E-state index in [2.05, 4.69) is 44.7 Å². The van der Waals surface area contributed by atoms with Gasteiger partial charge < -0.3 is 14.4 Å². The highest BCUT2D eigenvalue weighted by Crippen LogP contribution is 2.27. The predicted molar refractivity (Wildman–Crippen MR) is 94.1 cm³/mol. The zero-order chi connectivity index (χ0) is 17.2. The van der Waals surface area contributed by atoms with Crippen molar-refractivity contribution in [3.63, 3.8) is 0 Å². The van der Waals surface area contributed by atoms with Crippen LogP contribution in [0.15, 0.2) is 18.2 Å². The first-order chi connectivity index (χ1) is 11.0. The first-order valence-electron chi connectivity index (χ1n) is 8.59. The Hall–Kier alpha value is -1.55. The average Bonchev–Trinajstić information content (AvgIpc) is 2.52. The summed E-state index contributed by atoms with van der Waals surface area (Å²) in [6, 6.07) is 6.10. The van der Waals surface area contributed by atoms with E-state index in [9.17, 15) is 4.79 Å². The van der Waals surface area contributed by atoms with E-state index in [1.807, 2.05) is 13.0 Å². The lowest BCUT2D eigenvalue weighted by Crippen LogP contribution is -2.25. The van der Waals surface area contributed by atoms with E-state index in [1.165, 1.54) is 0 Å². The molecular formula is C19H31NO3. The second kappa shape index (κ2) is 10.3. The van der Waals surface area contributed by atoms with Crippen LogP contribution in [0, 0.1) is 6.92 Å². The van der Waals surface area contributed by atoms with Gasteiger partial charge in [0.25, 0.3) is 0 Å². The molecule has 0 aliphatic rings. The lowest BCUT2D eigenvalue weighted by atomic mass is 10.0. The molecule has 23 heavy (non-hydrogen) atoms. The van der Waals surface area contributed by atoms with Gasteiger partial charge in [0, 0.05) is 6.54 Å². The van der Waals surface area contributed by atoms with Crippen molar-refractivity contribution in [3.8, 4) is 5.75 Å². The van der Waals surface area contributed by atoms with Crippen LogP contribution >= 0.6 is 0 Å². The van der Waals surface area contributed by atoms with Gasteiger partial charge >= 0.3 is 5.97 Å². The van der Waals surface area contributed by atoms with E-state index in [-0.39, 0.29) is 12.6 Å². The van der Waals surface area contributed by atoms with E-state index in [0.29, 0.717) is 12.5 Å². The third-order valence-electron chi connectivity index (χ3n) is 3.91. The van der Waals surface area contributed by atoms with Crippen molar-refractivity contribution in [2.75, 3.05) is 32.8 Å². The molecule has 1 rings (SSSR count). The molecule has 0 radical (unpaired) electrons. The first-order valence-corrected chi connectivity index (χ1v) is 8.59. The molecule has 0 aliphatic carbocycles. The average molecular weight is 321 g/mol. The molecule has 1 aromatic carbocycles. The Labute approximate surface area is 140 Å². The molecule has 4 nitrogen and oxygen atoms in total. The first kappa shape index (κ1) is 19.5. The number of ether oxygens (including phenoxy) is 2. The Morgan fingerprint density at radius 3 is 2.52 bits per heavy atom. The second-order valence-electron chi connectivity index (χ2n) is 6.09. The SMILES string of the molecule is CCN(CC)CCCOC(=O)COc1cc(C)ccc1C(C)C. The van der Waals surface area contributed by atoms with Crippen LogP contribution in [0.1, 0.15) is 51.2 Å². The lowest BCUT2D eigenvalue weighted by Gasteiger charge is -2.17. The summed E-state index contributed by atoms with van der Waals surface area (Å²) in [5, 5.41) is 0. The molecule has 0 aliphatic heterocycles. The van der Waals surface area contributed by atoms with Gasteiger partial charge in [-0.3, -0.25) is 0 Å².